The second-order valence-corrected chi connectivity index (χ2v) is 7.41. The average molecular weight is 281 g/mol. The molecular formula is C16H18Cl2. The van der Waals surface area contributed by atoms with Crippen molar-refractivity contribution < 1.29 is 0 Å². The molecule has 2 heteroatoms. The van der Waals surface area contributed by atoms with E-state index in [0.29, 0.717) is 5.38 Å². The zero-order chi connectivity index (χ0) is 12.3. The van der Waals surface area contributed by atoms with Crippen LogP contribution in [-0.4, -0.2) is 5.38 Å². The average Bonchev–Trinajstić information content (AvgIpc) is 2.82. The Morgan fingerprint density at radius 3 is 2.28 bits per heavy atom. The van der Waals surface area contributed by atoms with Crippen LogP contribution in [0, 0.1) is 29.6 Å². The van der Waals surface area contributed by atoms with Gasteiger partial charge in [-0.25, -0.2) is 0 Å². The van der Waals surface area contributed by atoms with Crippen molar-refractivity contribution in [3.05, 3.63) is 34.9 Å². The van der Waals surface area contributed by atoms with Crippen LogP contribution in [0.4, 0.5) is 0 Å². The number of hydrogen-bond acceptors (Lipinski definition) is 0. The van der Waals surface area contributed by atoms with Gasteiger partial charge in [0.2, 0.25) is 0 Å². The van der Waals surface area contributed by atoms with E-state index >= 15 is 0 Å². The number of benzene rings is 1. The molecule has 96 valence electrons. The van der Waals surface area contributed by atoms with E-state index in [1.54, 1.807) is 0 Å². The molecule has 5 unspecified atom stereocenters. The summed E-state index contributed by atoms with van der Waals surface area (Å²) in [4.78, 5) is 0. The van der Waals surface area contributed by atoms with Gasteiger partial charge >= 0.3 is 0 Å². The second kappa shape index (κ2) is 4.15. The topological polar surface area (TPSA) is 0 Å². The van der Waals surface area contributed by atoms with Crippen LogP contribution in [0.3, 0.4) is 0 Å². The molecular weight excluding hydrogens is 263 g/mol. The highest BCUT2D eigenvalue weighted by atomic mass is 35.5. The number of halogens is 2. The molecule has 0 heterocycles. The first-order valence-corrected chi connectivity index (χ1v) is 7.94. The number of rotatable bonds is 3. The van der Waals surface area contributed by atoms with Gasteiger partial charge in [0, 0.05) is 10.4 Å². The molecule has 1 aromatic carbocycles. The monoisotopic (exact) mass is 280 g/mol. The highest BCUT2D eigenvalue weighted by molar-refractivity contribution is 6.30. The van der Waals surface area contributed by atoms with E-state index in [0.717, 1.165) is 41.0 Å². The van der Waals surface area contributed by atoms with Gasteiger partial charge in [0.15, 0.2) is 0 Å². The SMILES string of the molecule is Clc1ccc(CC(Cl)C2C3C4CCC(C4)C23)cc1. The van der Waals surface area contributed by atoms with Crippen molar-refractivity contribution in [1.82, 2.24) is 0 Å². The normalized spacial score (nSPS) is 41.8. The van der Waals surface area contributed by atoms with Crippen molar-refractivity contribution >= 4 is 23.2 Å². The highest BCUT2D eigenvalue weighted by Crippen LogP contribution is 2.71. The fourth-order valence-electron chi connectivity index (χ4n) is 4.86. The molecule has 3 aliphatic rings. The van der Waals surface area contributed by atoms with Crippen molar-refractivity contribution in [3.8, 4) is 0 Å². The first-order chi connectivity index (χ1) is 8.74. The van der Waals surface area contributed by atoms with E-state index in [1.807, 2.05) is 12.1 Å². The molecule has 0 nitrogen and oxygen atoms in total. The summed E-state index contributed by atoms with van der Waals surface area (Å²) in [6.45, 7) is 0. The van der Waals surface area contributed by atoms with Crippen LogP contribution in [-0.2, 0) is 6.42 Å². The van der Waals surface area contributed by atoms with Crippen LogP contribution >= 0.6 is 23.2 Å². The maximum Gasteiger partial charge on any atom is 0.0410 e. The zero-order valence-electron chi connectivity index (χ0n) is 10.4. The quantitative estimate of drug-likeness (QED) is 0.699. The minimum atomic E-state index is 0.338. The number of alkyl halides is 1. The van der Waals surface area contributed by atoms with Crippen LogP contribution in [0.1, 0.15) is 24.8 Å². The van der Waals surface area contributed by atoms with Crippen molar-refractivity contribution in [2.75, 3.05) is 0 Å². The first kappa shape index (κ1) is 11.6. The Morgan fingerprint density at radius 1 is 1.06 bits per heavy atom. The first-order valence-electron chi connectivity index (χ1n) is 7.12. The van der Waals surface area contributed by atoms with Gasteiger partial charge in [0.1, 0.15) is 0 Å². The molecule has 3 saturated carbocycles. The predicted molar refractivity (Wildman–Crippen MR) is 76.1 cm³/mol. The van der Waals surface area contributed by atoms with E-state index in [2.05, 4.69) is 12.1 Å². The number of fused-ring (bicyclic) bond motifs is 5. The maximum atomic E-state index is 6.68. The molecule has 0 aromatic heterocycles. The van der Waals surface area contributed by atoms with E-state index in [4.69, 9.17) is 23.2 Å². The summed E-state index contributed by atoms with van der Waals surface area (Å²) in [7, 11) is 0. The second-order valence-electron chi connectivity index (χ2n) is 6.41. The molecule has 5 atom stereocenters. The van der Waals surface area contributed by atoms with Crippen LogP contribution < -0.4 is 0 Å². The third-order valence-electron chi connectivity index (χ3n) is 5.56. The maximum absolute atomic E-state index is 6.68. The smallest absolute Gasteiger partial charge is 0.0410 e. The van der Waals surface area contributed by atoms with E-state index in [-0.39, 0.29) is 0 Å². The molecule has 0 aliphatic heterocycles. The lowest BCUT2D eigenvalue weighted by Gasteiger charge is -2.14. The van der Waals surface area contributed by atoms with Gasteiger partial charge in [0.05, 0.1) is 0 Å². The zero-order valence-corrected chi connectivity index (χ0v) is 11.9. The molecule has 3 fully saturated rings. The van der Waals surface area contributed by atoms with E-state index < -0.39 is 0 Å². The van der Waals surface area contributed by atoms with Crippen molar-refractivity contribution in [2.45, 2.75) is 31.1 Å². The molecule has 2 bridgehead atoms. The van der Waals surface area contributed by atoms with Crippen molar-refractivity contribution in [1.29, 1.82) is 0 Å². The van der Waals surface area contributed by atoms with Gasteiger partial charge in [-0.1, -0.05) is 23.7 Å². The third-order valence-corrected chi connectivity index (χ3v) is 6.25. The molecule has 1 aromatic rings. The molecule has 0 spiro atoms. The predicted octanol–water partition coefficient (Wildman–Crippen LogP) is 4.78. The summed E-state index contributed by atoms with van der Waals surface area (Å²) in [5.41, 5.74) is 1.33. The number of hydrogen-bond donors (Lipinski definition) is 0. The minimum Gasteiger partial charge on any atom is -0.122 e. The lowest BCUT2D eigenvalue weighted by Crippen LogP contribution is -2.12. The fourth-order valence-corrected chi connectivity index (χ4v) is 5.50. The fraction of sp³-hybridized carbons (Fsp3) is 0.625. The third kappa shape index (κ3) is 1.72. The summed E-state index contributed by atoms with van der Waals surface area (Å²) in [6, 6.07) is 8.17. The summed E-state index contributed by atoms with van der Waals surface area (Å²) in [6.07, 6.45) is 5.48. The summed E-state index contributed by atoms with van der Waals surface area (Å²) < 4.78 is 0. The van der Waals surface area contributed by atoms with Crippen LogP contribution in [0.2, 0.25) is 5.02 Å². The van der Waals surface area contributed by atoms with Crippen LogP contribution in [0.5, 0.6) is 0 Å². The Balaban J connectivity index is 1.43. The van der Waals surface area contributed by atoms with Gasteiger partial charge < -0.3 is 0 Å². The molecule has 3 aliphatic carbocycles. The van der Waals surface area contributed by atoms with Gasteiger partial charge in [-0.05, 0) is 73.0 Å². The van der Waals surface area contributed by atoms with Crippen LogP contribution in [0.15, 0.2) is 24.3 Å². The lowest BCUT2D eigenvalue weighted by molar-refractivity contribution is 0.449. The summed E-state index contributed by atoms with van der Waals surface area (Å²) >= 11 is 12.6. The van der Waals surface area contributed by atoms with Gasteiger partial charge in [-0.15, -0.1) is 11.6 Å². The Labute approximate surface area is 119 Å². The van der Waals surface area contributed by atoms with Crippen molar-refractivity contribution in [2.24, 2.45) is 29.6 Å². The molecule has 4 rings (SSSR count). The minimum absolute atomic E-state index is 0.338. The van der Waals surface area contributed by atoms with E-state index in [9.17, 15) is 0 Å². The lowest BCUT2D eigenvalue weighted by atomic mass is 9.97. The molecule has 18 heavy (non-hydrogen) atoms. The van der Waals surface area contributed by atoms with E-state index in [1.165, 1.54) is 24.8 Å². The molecule has 0 saturated heterocycles. The van der Waals surface area contributed by atoms with Crippen molar-refractivity contribution in [3.63, 3.8) is 0 Å². The largest absolute Gasteiger partial charge is 0.122 e. The molecule has 0 N–H and O–H groups in total. The van der Waals surface area contributed by atoms with Gasteiger partial charge in [-0.3, -0.25) is 0 Å². The molecule has 0 radical (unpaired) electrons. The Kier molecular flexibility index (Phi) is 2.68. The Morgan fingerprint density at radius 2 is 1.67 bits per heavy atom. The summed E-state index contributed by atoms with van der Waals surface area (Å²) in [5, 5.41) is 1.15. The Hall–Kier alpha value is -0.200. The van der Waals surface area contributed by atoms with Crippen LogP contribution in [0.25, 0.3) is 0 Å². The summed E-state index contributed by atoms with van der Waals surface area (Å²) in [5.74, 6) is 4.83. The standard InChI is InChI=1S/C16H18Cl2/c17-12-5-1-9(2-6-12)7-13(18)16-14-10-3-4-11(8-10)15(14)16/h1-2,5-6,10-11,13-16H,3-4,7-8H2. The molecule has 0 amide bonds. The Bertz CT molecular complexity index is 437. The van der Waals surface area contributed by atoms with Gasteiger partial charge in [-0.2, -0.15) is 0 Å². The highest BCUT2D eigenvalue weighted by Gasteiger charge is 2.66. The van der Waals surface area contributed by atoms with Gasteiger partial charge in [0.25, 0.3) is 0 Å².